The van der Waals surface area contributed by atoms with Crippen molar-refractivity contribution in [3.8, 4) is 0 Å². The third-order valence-electron chi connectivity index (χ3n) is 3.07. The van der Waals surface area contributed by atoms with Crippen LogP contribution in [-0.2, 0) is 6.42 Å². The summed E-state index contributed by atoms with van der Waals surface area (Å²) >= 11 is 0. The van der Waals surface area contributed by atoms with Crippen molar-refractivity contribution in [3.63, 3.8) is 0 Å². The second kappa shape index (κ2) is 17.9. The fourth-order valence-corrected chi connectivity index (χ4v) is 1.95. The molecule has 0 heterocycles. The van der Waals surface area contributed by atoms with Crippen LogP contribution in [0.15, 0.2) is 24.3 Å². The molecule has 25 heavy (non-hydrogen) atoms. The first-order valence-corrected chi connectivity index (χ1v) is 9.77. The van der Waals surface area contributed by atoms with Gasteiger partial charge in [0.2, 0.25) is 0 Å². The first kappa shape index (κ1) is 26.4. The van der Waals surface area contributed by atoms with E-state index in [1.165, 1.54) is 44.1 Å². The van der Waals surface area contributed by atoms with Crippen LogP contribution in [0.4, 0.5) is 0 Å². The van der Waals surface area contributed by atoms with Crippen LogP contribution >= 0.6 is 0 Å². The fourth-order valence-electron chi connectivity index (χ4n) is 1.95. The minimum Gasteiger partial charge on any atom is -0.889 e. The molecule has 146 valence electrons. The molecule has 0 saturated carbocycles. The molecule has 0 spiro atoms. The van der Waals surface area contributed by atoms with Gasteiger partial charge in [0.05, 0.1) is 12.1 Å². The van der Waals surface area contributed by atoms with Crippen molar-refractivity contribution in [3.05, 3.63) is 29.8 Å². The summed E-state index contributed by atoms with van der Waals surface area (Å²) in [6.07, 6.45) is 8.79. The third kappa shape index (κ3) is 23.1. The molecule has 0 atom stereocenters. The summed E-state index contributed by atoms with van der Waals surface area (Å²) in [7, 11) is -1.85. The number of aryl methyl sites for hydroxylation is 1. The van der Waals surface area contributed by atoms with Crippen molar-refractivity contribution in [1.82, 2.24) is 0 Å². The van der Waals surface area contributed by atoms with Gasteiger partial charge in [0, 0.05) is 0 Å². The maximum absolute atomic E-state index is 10.6. The predicted octanol–water partition coefficient (Wildman–Crippen LogP) is 0.279. The van der Waals surface area contributed by atoms with Crippen molar-refractivity contribution >= 4 is 12.6 Å². The Kier molecular flexibility index (Phi) is 18.9. The SMILES string of the molecule is CC(C)[NH3+].CC(C)[NH3+].CCCCCCCCc1ccc(B([O-])[O-])cc1. The largest absolute Gasteiger partial charge is 0.889 e. The van der Waals surface area contributed by atoms with E-state index in [1.54, 1.807) is 12.1 Å². The lowest BCUT2D eigenvalue weighted by Gasteiger charge is -2.26. The summed E-state index contributed by atoms with van der Waals surface area (Å²) < 4.78 is 0. The van der Waals surface area contributed by atoms with E-state index >= 15 is 0 Å². The Morgan fingerprint density at radius 2 is 1.20 bits per heavy atom. The maximum Gasteiger partial charge on any atom is 0.0786 e. The van der Waals surface area contributed by atoms with E-state index in [2.05, 4.69) is 46.1 Å². The molecular formula is C20H41BN2O2. The van der Waals surface area contributed by atoms with Gasteiger partial charge in [0.25, 0.3) is 0 Å². The van der Waals surface area contributed by atoms with Crippen molar-refractivity contribution in [2.75, 3.05) is 0 Å². The van der Waals surface area contributed by atoms with Gasteiger partial charge < -0.3 is 21.5 Å². The predicted molar refractivity (Wildman–Crippen MR) is 105 cm³/mol. The molecule has 4 nitrogen and oxygen atoms in total. The Bertz CT molecular complexity index is 370. The summed E-state index contributed by atoms with van der Waals surface area (Å²) in [5.41, 5.74) is 8.85. The topological polar surface area (TPSA) is 101 Å². The summed E-state index contributed by atoms with van der Waals surface area (Å²) in [6.45, 7) is 10.4. The molecule has 0 aliphatic heterocycles. The quantitative estimate of drug-likeness (QED) is 0.518. The second-order valence-corrected chi connectivity index (χ2v) is 7.38. The lowest BCUT2D eigenvalue weighted by Crippen LogP contribution is -2.57. The van der Waals surface area contributed by atoms with Crippen LogP contribution in [0.25, 0.3) is 0 Å². The van der Waals surface area contributed by atoms with E-state index in [0.29, 0.717) is 17.5 Å². The molecular weight excluding hydrogens is 311 g/mol. The van der Waals surface area contributed by atoms with E-state index in [1.807, 2.05) is 12.1 Å². The van der Waals surface area contributed by atoms with Crippen molar-refractivity contribution in [2.24, 2.45) is 0 Å². The highest BCUT2D eigenvalue weighted by Crippen LogP contribution is 2.09. The highest BCUT2D eigenvalue weighted by molar-refractivity contribution is 6.55. The molecule has 0 radical (unpaired) electrons. The summed E-state index contributed by atoms with van der Waals surface area (Å²) in [4.78, 5) is 0. The minimum atomic E-state index is -1.85. The Balaban J connectivity index is 0. The Morgan fingerprint density at radius 3 is 1.60 bits per heavy atom. The van der Waals surface area contributed by atoms with Crippen molar-refractivity contribution in [2.45, 2.75) is 91.6 Å². The molecule has 0 bridgehead atoms. The van der Waals surface area contributed by atoms with Gasteiger partial charge in [-0.25, -0.2) is 0 Å². The lowest BCUT2D eigenvalue weighted by atomic mass is 9.80. The summed E-state index contributed by atoms with van der Waals surface area (Å²) in [5.74, 6) is 0. The number of hydrogen-bond acceptors (Lipinski definition) is 2. The second-order valence-electron chi connectivity index (χ2n) is 7.38. The fraction of sp³-hybridized carbons (Fsp3) is 0.700. The molecule has 1 rings (SSSR count). The zero-order valence-corrected chi connectivity index (χ0v) is 17.2. The molecule has 6 N–H and O–H groups in total. The average molecular weight is 352 g/mol. The Morgan fingerprint density at radius 1 is 0.800 bits per heavy atom. The minimum absolute atomic E-state index is 0.344. The zero-order valence-electron chi connectivity index (χ0n) is 17.2. The van der Waals surface area contributed by atoms with Gasteiger partial charge in [-0.3, -0.25) is 0 Å². The molecule has 0 aliphatic rings. The number of unbranched alkanes of at least 4 members (excludes halogenated alkanes) is 5. The molecule has 5 heteroatoms. The van der Waals surface area contributed by atoms with E-state index < -0.39 is 7.12 Å². The van der Waals surface area contributed by atoms with Gasteiger partial charge in [-0.15, -0.1) is 5.46 Å². The van der Waals surface area contributed by atoms with E-state index in [9.17, 15) is 10.0 Å². The van der Waals surface area contributed by atoms with E-state index in [0.717, 1.165) is 6.42 Å². The van der Waals surface area contributed by atoms with Gasteiger partial charge in [0.1, 0.15) is 0 Å². The number of benzene rings is 1. The van der Waals surface area contributed by atoms with Gasteiger partial charge in [-0.2, -0.15) is 0 Å². The van der Waals surface area contributed by atoms with Gasteiger partial charge in [-0.1, -0.05) is 70.4 Å². The van der Waals surface area contributed by atoms with E-state index in [4.69, 9.17) is 0 Å². The highest BCUT2D eigenvalue weighted by Gasteiger charge is 1.94. The molecule has 0 unspecified atom stereocenters. The van der Waals surface area contributed by atoms with Crippen molar-refractivity contribution in [1.29, 1.82) is 0 Å². The molecule has 0 fully saturated rings. The standard InChI is InChI=1S/C14H21BO2.2C3H9N/c1-2-3-4-5-6-7-8-13-9-11-14(12-10-13)15(16)17;2*1-3(2)4/h9-12H,2-8H2,1H3;2*3H,4H2,1-2H3/q-2;;/p+2. The van der Waals surface area contributed by atoms with Crippen LogP contribution in [0.1, 0.15) is 78.7 Å². The normalized spacial score (nSPS) is 10.0. The van der Waals surface area contributed by atoms with Crippen LogP contribution in [0.5, 0.6) is 0 Å². The number of hydrogen-bond donors (Lipinski definition) is 2. The highest BCUT2D eigenvalue weighted by atomic mass is 16.4. The Hall–Kier alpha value is -0.875. The first-order valence-electron chi connectivity index (χ1n) is 9.77. The molecule has 1 aromatic carbocycles. The number of rotatable bonds is 8. The van der Waals surface area contributed by atoms with Gasteiger partial charge in [-0.05, 0) is 46.1 Å². The molecule has 0 amide bonds. The van der Waals surface area contributed by atoms with Crippen LogP contribution < -0.4 is 27.0 Å². The average Bonchev–Trinajstić information content (AvgIpc) is 2.50. The molecule has 0 aliphatic carbocycles. The summed E-state index contributed by atoms with van der Waals surface area (Å²) in [5, 5.41) is 21.3. The zero-order chi connectivity index (χ0) is 19.7. The maximum atomic E-state index is 10.6. The monoisotopic (exact) mass is 352 g/mol. The summed E-state index contributed by atoms with van der Waals surface area (Å²) in [6, 6.07) is 8.31. The molecule has 0 aromatic heterocycles. The third-order valence-corrected chi connectivity index (χ3v) is 3.07. The van der Waals surface area contributed by atoms with Gasteiger partial charge >= 0.3 is 0 Å². The van der Waals surface area contributed by atoms with Gasteiger partial charge in [0.15, 0.2) is 0 Å². The molecule has 0 saturated heterocycles. The number of quaternary nitrogens is 2. The van der Waals surface area contributed by atoms with Crippen LogP contribution in [0.3, 0.4) is 0 Å². The first-order chi connectivity index (χ1) is 11.7. The van der Waals surface area contributed by atoms with Crippen LogP contribution in [0.2, 0.25) is 0 Å². The van der Waals surface area contributed by atoms with Crippen LogP contribution in [-0.4, -0.2) is 19.2 Å². The lowest BCUT2D eigenvalue weighted by molar-refractivity contribution is -0.408. The van der Waals surface area contributed by atoms with Crippen LogP contribution in [0, 0.1) is 0 Å². The Labute approximate surface area is 156 Å². The molecule has 1 aromatic rings. The van der Waals surface area contributed by atoms with Crippen molar-refractivity contribution < 1.29 is 21.5 Å². The smallest absolute Gasteiger partial charge is 0.0786 e. The van der Waals surface area contributed by atoms with E-state index in [-0.39, 0.29) is 0 Å².